The summed E-state index contributed by atoms with van der Waals surface area (Å²) in [5.74, 6) is -0.170. The van der Waals surface area contributed by atoms with Crippen molar-refractivity contribution in [3.63, 3.8) is 0 Å². The van der Waals surface area contributed by atoms with Crippen LogP contribution < -0.4 is 5.32 Å². The third-order valence-corrected chi connectivity index (χ3v) is 7.15. The van der Waals surface area contributed by atoms with Crippen LogP contribution in [-0.4, -0.2) is 25.8 Å². The van der Waals surface area contributed by atoms with E-state index >= 15 is 0 Å². The van der Waals surface area contributed by atoms with Gasteiger partial charge in [-0.2, -0.15) is 0 Å². The van der Waals surface area contributed by atoms with E-state index in [2.05, 4.69) is 55.9 Å². The van der Waals surface area contributed by atoms with Crippen molar-refractivity contribution in [3.05, 3.63) is 111 Å². The summed E-state index contributed by atoms with van der Waals surface area (Å²) in [6.07, 6.45) is 6.79. The topological polar surface area (TPSA) is 71.0 Å². The number of aryl methyl sites for hydroxylation is 1. The third-order valence-electron chi connectivity index (χ3n) is 6.31. The molecule has 1 unspecified atom stereocenters. The Labute approximate surface area is 214 Å². The molecule has 1 aliphatic carbocycles. The predicted molar refractivity (Wildman–Crippen MR) is 138 cm³/mol. The van der Waals surface area contributed by atoms with Gasteiger partial charge in [-0.1, -0.05) is 41.9 Å². The van der Waals surface area contributed by atoms with E-state index in [1.54, 1.807) is 23.5 Å². The molecule has 0 radical (unpaired) electrons. The molecule has 0 saturated carbocycles. The van der Waals surface area contributed by atoms with Crippen LogP contribution in [0.15, 0.2) is 71.8 Å². The van der Waals surface area contributed by atoms with Gasteiger partial charge in [0.05, 0.1) is 22.9 Å². The molecule has 0 bridgehead atoms. The maximum absolute atomic E-state index is 12.4. The van der Waals surface area contributed by atoms with Gasteiger partial charge in [-0.25, -0.2) is 9.97 Å². The average molecular weight is 504 g/mol. The Bertz CT molecular complexity index is 1280. The predicted octanol–water partition coefficient (Wildman–Crippen LogP) is 5.60. The van der Waals surface area contributed by atoms with Crippen LogP contribution in [-0.2, 0) is 26.1 Å². The van der Waals surface area contributed by atoms with E-state index in [0.29, 0.717) is 17.3 Å². The molecule has 3 aromatic heterocycles. The maximum Gasteiger partial charge on any atom is 0.251 e. The molecule has 8 heteroatoms. The molecule has 1 amide bonds. The molecule has 6 nitrogen and oxygen atoms in total. The van der Waals surface area contributed by atoms with E-state index in [0.717, 1.165) is 43.6 Å². The standard InChI is InChI=1S/C27H26ClN5OS/c28-25-13-22(10-12-29-25)27(34)31-14-19-6-8-20(9-7-19)15-33(16-23-17-35-18-32-23)24-5-1-3-21-4-2-11-30-26(21)24/h2,4,6-13,17-18,24H,1,3,5,14-16H2,(H,31,34). The van der Waals surface area contributed by atoms with Gasteiger partial charge < -0.3 is 5.32 Å². The smallest absolute Gasteiger partial charge is 0.251 e. The molecule has 3 heterocycles. The molecule has 5 rings (SSSR count). The number of nitrogens with zero attached hydrogens (tertiary/aromatic N) is 4. The first-order valence-corrected chi connectivity index (χ1v) is 13.0. The fourth-order valence-corrected chi connectivity index (χ4v) is 5.29. The van der Waals surface area contributed by atoms with Crippen LogP contribution in [0.1, 0.15) is 57.3 Å². The van der Waals surface area contributed by atoms with Gasteiger partial charge in [-0.15, -0.1) is 11.3 Å². The third kappa shape index (κ3) is 5.93. The van der Waals surface area contributed by atoms with Gasteiger partial charge in [0.1, 0.15) is 5.15 Å². The average Bonchev–Trinajstić information content (AvgIpc) is 3.40. The molecular formula is C27H26ClN5OS. The molecule has 178 valence electrons. The van der Waals surface area contributed by atoms with Crippen LogP contribution in [0, 0.1) is 0 Å². The normalized spacial score (nSPS) is 15.1. The number of halogens is 1. The highest BCUT2D eigenvalue weighted by atomic mass is 35.5. The highest BCUT2D eigenvalue weighted by Gasteiger charge is 2.27. The van der Waals surface area contributed by atoms with Gasteiger partial charge in [-0.05, 0) is 54.2 Å². The summed E-state index contributed by atoms with van der Waals surface area (Å²) in [5.41, 5.74) is 8.30. The second kappa shape index (κ2) is 11.1. The lowest BCUT2D eigenvalue weighted by molar-refractivity contribution is 0.0951. The van der Waals surface area contributed by atoms with E-state index in [4.69, 9.17) is 16.6 Å². The summed E-state index contributed by atoms with van der Waals surface area (Å²) in [7, 11) is 0. The summed E-state index contributed by atoms with van der Waals surface area (Å²) >= 11 is 7.52. The minimum atomic E-state index is -0.170. The Kier molecular flexibility index (Phi) is 7.47. The van der Waals surface area contributed by atoms with Crippen LogP contribution in [0.3, 0.4) is 0 Å². The maximum atomic E-state index is 12.4. The Morgan fingerprint density at radius 2 is 1.91 bits per heavy atom. The molecule has 35 heavy (non-hydrogen) atoms. The zero-order chi connectivity index (χ0) is 24.0. The summed E-state index contributed by atoms with van der Waals surface area (Å²) in [5, 5.41) is 5.37. The van der Waals surface area contributed by atoms with Crippen molar-refractivity contribution in [2.75, 3.05) is 0 Å². The van der Waals surface area contributed by atoms with Gasteiger partial charge in [-0.3, -0.25) is 14.7 Å². The Morgan fingerprint density at radius 3 is 2.71 bits per heavy atom. The number of thiazole rings is 1. The molecule has 1 aromatic carbocycles. The van der Waals surface area contributed by atoms with Gasteiger partial charge in [0.25, 0.3) is 5.91 Å². The van der Waals surface area contributed by atoms with Crippen LogP contribution >= 0.6 is 22.9 Å². The summed E-state index contributed by atoms with van der Waals surface area (Å²) in [6, 6.07) is 16.2. The molecule has 0 aliphatic heterocycles. The summed E-state index contributed by atoms with van der Waals surface area (Å²) < 4.78 is 0. The van der Waals surface area contributed by atoms with Crippen LogP contribution in [0.4, 0.5) is 0 Å². The molecule has 1 N–H and O–H groups in total. The van der Waals surface area contributed by atoms with Crippen molar-refractivity contribution < 1.29 is 4.79 Å². The Hall–Kier alpha value is -3.13. The van der Waals surface area contributed by atoms with Crippen LogP contribution in [0.25, 0.3) is 0 Å². The van der Waals surface area contributed by atoms with Crippen molar-refractivity contribution in [1.82, 2.24) is 25.2 Å². The van der Waals surface area contributed by atoms with Crippen LogP contribution in [0.2, 0.25) is 5.15 Å². The summed E-state index contributed by atoms with van der Waals surface area (Å²) in [6.45, 7) is 2.04. The number of rotatable bonds is 8. The fourth-order valence-electron chi connectivity index (χ4n) is 4.57. The van der Waals surface area contributed by atoms with Crippen molar-refractivity contribution in [2.45, 2.75) is 44.9 Å². The number of carbonyl (C=O) groups excluding carboxylic acids is 1. The monoisotopic (exact) mass is 503 g/mol. The highest BCUT2D eigenvalue weighted by molar-refractivity contribution is 7.07. The lowest BCUT2D eigenvalue weighted by atomic mass is 9.90. The van der Waals surface area contributed by atoms with Gasteiger partial charge in [0.15, 0.2) is 0 Å². The van der Waals surface area contributed by atoms with Crippen LogP contribution in [0.5, 0.6) is 0 Å². The van der Waals surface area contributed by atoms with Gasteiger partial charge >= 0.3 is 0 Å². The van der Waals surface area contributed by atoms with Crippen molar-refractivity contribution in [2.24, 2.45) is 0 Å². The number of fused-ring (bicyclic) bond motifs is 1. The van der Waals surface area contributed by atoms with E-state index < -0.39 is 0 Å². The number of hydrogen-bond donors (Lipinski definition) is 1. The first-order chi connectivity index (χ1) is 17.2. The van der Waals surface area contributed by atoms with E-state index in [9.17, 15) is 4.79 Å². The quantitative estimate of drug-likeness (QED) is 0.317. The number of aromatic nitrogens is 3. The Morgan fingerprint density at radius 1 is 1.06 bits per heavy atom. The van der Waals surface area contributed by atoms with Crippen molar-refractivity contribution >= 4 is 28.8 Å². The van der Waals surface area contributed by atoms with Gasteiger partial charge in [0.2, 0.25) is 0 Å². The first kappa shape index (κ1) is 23.6. The zero-order valence-corrected chi connectivity index (χ0v) is 20.8. The number of hydrogen-bond acceptors (Lipinski definition) is 6. The van der Waals surface area contributed by atoms with Gasteiger partial charge in [0, 0.05) is 43.0 Å². The number of benzene rings is 1. The SMILES string of the molecule is O=C(NCc1ccc(CN(Cc2cscn2)C2CCCc3cccnc32)cc1)c1ccnc(Cl)c1. The first-order valence-electron chi connectivity index (χ1n) is 11.7. The molecule has 0 spiro atoms. The largest absolute Gasteiger partial charge is 0.348 e. The van der Waals surface area contributed by atoms with Crippen molar-refractivity contribution in [1.29, 1.82) is 0 Å². The minimum Gasteiger partial charge on any atom is -0.348 e. The highest BCUT2D eigenvalue weighted by Crippen LogP contribution is 2.34. The molecule has 1 aliphatic rings. The second-order valence-corrected chi connectivity index (χ2v) is 9.81. The zero-order valence-electron chi connectivity index (χ0n) is 19.2. The molecule has 0 saturated heterocycles. The molecule has 0 fully saturated rings. The number of amides is 1. The lowest BCUT2D eigenvalue weighted by Crippen LogP contribution is -2.31. The van der Waals surface area contributed by atoms with Crippen molar-refractivity contribution in [3.8, 4) is 0 Å². The van der Waals surface area contributed by atoms with E-state index in [-0.39, 0.29) is 11.9 Å². The number of pyridine rings is 2. The molecule has 4 aromatic rings. The Balaban J connectivity index is 1.28. The lowest BCUT2D eigenvalue weighted by Gasteiger charge is -2.34. The molecular weight excluding hydrogens is 478 g/mol. The number of carbonyl (C=O) groups is 1. The van der Waals surface area contributed by atoms with E-state index in [1.807, 2.05) is 17.8 Å². The summed E-state index contributed by atoms with van der Waals surface area (Å²) in [4.78, 5) is 28.1. The minimum absolute atomic E-state index is 0.170. The fraction of sp³-hybridized carbons (Fsp3) is 0.259. The van der Waals surface area contributed by atoms with E-state index in [1.165, 1.54) is 23.0 Å². The molecule has 1 atom stereocenters. The second-order valence-electron chi connectivity index (χ2n) is 8.71. The number of nitrogens with one attached hydrogen (secondary N) is 1.